The van der Waals surface area contributed by atoms with Gasteiger partial charge in [-0.2, -0.15) is 0 Å². The molecule has 17 heavy (non-hydrogen) atoms. The van der Waals surface area contributed by atoms with E-state index in [1.165, 1.54) is 0 Å². The van der Waals surface area contributed by atoms with Crippen molar-refractivity contribution >= 4 is 5.78 Å². The van der Waals surface area contributed by atoms with Crippen LogP contribution in [0.4, 0.5) is 0 Å². The SMILES string of the molecule is Cc1cc2c(cc1CCO)C(=O)[C@@H](CO)[C@@H]2O. The predicted octanol–water partition coefficient (Wildman–Crippen LogP) is 0.368. The average Bonchev–Trinajstić information content (AvgIpc) is 2.53. The van der Waals surface area contributed by atoms with Crippen molar-refractivity contribution in [2.75, 3.05) is 13.2 Å². The van der Waals surface area contributed by atoms with Gasteiger partial charge in [-0.3, -0.25) is 4.79 Å². The number of hydrogen-bond donors (Lipinski definition) is 3. The maximum Gasteiger partial charge on any atom is 0.171 e. The van der Waals surface area contributed by atoms with Crippen LogP contribution in [0.2, 0.25) is 0 Å². The Labute approximate surface area is 99.5 Å². The van der Waals surface area contributed by atoms with E-state index in [0.717, 1.165) is 11.1 Å². The van der Waals surface area contributed by atoms with Gasteiger partial charge >= 0.3 is 0 Å². The van der Waals surface area contributed by atoms with Crippen molar-refractivity contribution in [2.24, 2.45) is 5.92 Å². The molecule has 0 spiro atoms. The molecule has 0 radical (unpaired) electrons. The Balaban J connectivity index is 2.48. The highest BCUT2D eigenvalue weighted by Gasteiger charge is 2.38. The van der Waals surface area contributed by atoms with Crippen molar-refractivity contribution < 1.29 is 20.1 Å². The molecule has 92 valence electrons. The number of aliphatic hydroxyl groups excluding tert-OH is 3. The summed E-state index contributed by atoms with van der Waals surface area (Å²) in [7, 11) is 0. The number of aryl methyl sites for hydroxylation is 1. The second-order valence-electron chi connectivity index (χ2n) is 4.44. The van der Waals surface area contributed by atoms with Gasteiger partial charge < -0.3 is 15.3 Å². The zero-order chi connectivity index (χ0) is 12.6. The highest BCUT2D eigenvalue weighted by atomic mass is 16.3. The van der Waals surface area contributed by atoms with Gasteiger partial charge in [-0.25, -0.2) is 0 Å². The maximum absolute atomic E-state index is 11.9. The lowest BCUT2D eigenvalue weighted by atomic mass is 9.98. The third-order valence-electron chi connectivity index (χ3n) is 3.39. The number of fused-ring (bicyclic) bond motifs is 1. The van der Waals surface area contributed by atoms with Crippen LogP contribution < -0.4 is 0 Å². The molecule has 0 amide bonds. The summed E-state index contributed by atoms with van der Waals surface area (Å²) < 4.78 is 0. The first kappa shape index (κ1) is 12.2. The summed E-state index contributed by atoms with van der Waals surface area (Å²) in [4.78, 5) is 11.9. The van der Waals surface area contributed by atoms with Gasteiger partial charge in [0.05, 0.1) is 18.6 Å². The van der Waals surface area contributed by atoms with Crippen molar-refractivity contribution in [3.05, 3.63) is 34.4 Å². The van der Waals surface area contributed by atoms with Gasteiger partial charge in [-0.15, -0.1) is 0 Å². The van der Waals surface area contributed by atoms with Gasteiger partial charge in [-0.05, 0) is 36.1 Å². The molecule has 2 atom stereocenters. The number of carbonyl (C=O) groups excluding carboxylic acids is 1. The molecule has 1 aromatic carbocycles. The molecule has 1 aliphatic carbocycles. The number of benzene rings is 1. The summed E-state index contributed by atoms with van der Waals surface area (Å²) >= 11 is 0. The van der Waals surface area contributed by atoms with Gasteiger partial charge in [0, 0.05) is 12.2 Å². The molecule has 4 nitrogen and oxygen atoms in total. The zero-order valence-electron chi connectivity index (χ0n) is 9.68. The van der Waals surface area contributed by atoms with Gasteiger partial charge in [0.1, 0.15) is 0 Å². The van der Waals surface area contributed by atoms with E-state index in [0.29, 0.717) is 17.5 Å². The minimum Gasteiger partial charge on any atom is -0.396 e. The minimum atomic E-state index is -0.913. The first-order valence-electron chi connectivity index (χ1n) is 5.67. The molecule has 4 heteroatoms. The Morgan fingerprint density at radius 3 is 2.59 bits per heavy atom. The zero-order valence-corrected chi connectivity index (χ0v) is 9.68. The maximum atomic E-state index is 11.9. The van der Waals surface area contributed by atoms with Gasteiger partial charge in [0.15, 0.2) is 5.78 Å². The number of Topliss-reactive ketones (excluding diaryl/α,β-unsaturated/α-hetero) is 1. The third-order valence-corrected chi connectivity index (χ3v) is 3.39. The van der Waals surface area contributed by atoms with Gasteiger partial charge in [0.2, 0.25) is 0 Å². The van der Waals surface area contributed by atoms with Crippen molar-refractivity contribution in [2.45, 2.75) is 19.4 Å². The fourth-order valence-electron chi connectivity index (χ4n) is 2.37. The van der Waals surface area contributed by atoms with E-state index in [4.69, 9.17) is 10.2 Å². The second kappa shape index (κ2) is 4.56. The quantitative estimate of drug-likeness (QED) is 0.708. The van der Waals surface area contributed by atoms with Crippen LogP contribution in [-0.2, 0) is 6.42 Å². The third kappa shape index (κ3) is 1.88. The van der Waals surface area contributed by atoms with Crippen LogP contribution in [0.15, 0.2) is 12.1 Å². The van der Waals surface area contributed by atoms with E-state index >= 15 is 0 Å². The molecule has 0 unspecified atom stereocenters. The topological polar surface area (TPSA) is 77.8 Å². The summed E-state index contributed by atoms with van der Waals surface area (Å²) in [6, 6.07) is 3.50. The molecule has 0 aromatic heterocycles. The van der Waals surface area contributed by atoms with Crippen LogP contribution in [0.1, 0.15) is 33.2 Å². The van der Waals surface area contributed by atoms with E-state index in [1.54, 1.807) is 12.1 Å². The molecular weight excluding hydrogens is 220 g/mol. The largest absolute Gasteiger partial charge is 0.396 e. The normalized spacial score (nSPS) is 22.9. The van der Waals surface area contributed by atoms with Gasteiger partial charge in [0.25, 0.3) is 0 Å². The smallest absolute Gasteiger partial charge is 0.171 e. The van der Waals surface area contributed by atoms with E-state index < -0.39 is 12.0 Å². The minimum absolute atomic E-state index is 0.0276. The highest BCUT2D eigenvalue weighted by molar-refractivity contribution is 6.03. The summed E-state index contributed by atoms with van der Waals surface area (Å²) in [5.41, 5.74) is 2.92. The van der Waals surface area contributed by atoms with E-state index in [9.17, 15) is 9.90 Å². The summed E-state index contributed by atoms with van der Waals surface area (Å²) in [5, 5.41) is 28.0. The van der Waals surface area contributed by atoms with Gasteiger partial charge in [-0.1, -0.05) is 6.07 Å². The molecule has 1 aliphatic rings. The van der Waals surface area contributed by atoms with Crippen LogP contribution in [0.5, 0.6) is 0 Å². The highest BCUT2D eigenvalue weighted by Crippen LogP contribution is 2.37. The molecule has 0 fully saturated rings. The Morgan fingerprint density at radius 1 is 1.29 bits per heavy atom. The standard InChI is InChI=1S/C13H16O4/c1-7-4-9-10(5-8(7)2-3-14)13(17)11(6-15)12(9)16/h4-5,11-12,14-16H,2-3,6H2,1H3/t11-,12+/m0/s1. The number of hydrogen-bond acceptors (Lipinski definition) is 4. The molecule has 2 rings (SSSR count). The molecule has 0 aliphatic heterocycles. The summed E-state index contributed by atoms with van der Waals surface area (Å²) in [6.07, 6.45) is -0.420. The Bertz CT molecular complexity index is 453. The van der Waals surface area contributed by atoms with Crippen molar-refractivity contribution in [3.63, 3.8) is 0 Å². The van der Waals surface area contributed by atoms with Crippen LogP contribution >= 0.6 is 0 Å². The van der Waals surface area contributed by atoms with Crippen LogP contribution in [0.25, 0.3) is 0 Å². The van der Waals surface area contributed by atoms with Crippen LogP contribution in [0, 0.1) is 12.8 Å². The fourth-order valence-corrected chi connectivity index (χ4v) is 2.37. The lowest BCUT2D eigenvalue weighted by Gasteiger charge is -2.11. The van der Waals surface area contributed by atoms with Crippen molar-refractivity contribution in [3.8, 4) is 0 Å². The molecule has 0 saturated carbocycles. The Hall–Kier alpha value is -1.23. The Morgan fingerprint density at radius 2 is 2.00 bits per heavy atom. The predicted molar refractivity (Wildman–Crippen MR) is 61.8 cm³/mol. The van der Waals surface area contributed by atoms with E-state index in [2.05, 4.69) is 0 Å². The number of rotatable bonds is 3. The lowest BCUT2D eigenvalue weighted by Crippen LogP contribution is -2.17. The monoisotopic (exact) mass is 236 g/mol. The lowest BCUT2D eigenvalue weighted by molar-refractivity contribution is 0.0592. The summed E-state index contributed by atoms with van der Waals surface area (Å²) in [6.45, 7) is 1.57. The van der Waals surface area contributed by atoms with Crippen LogP contribution in [0.3, 0.4) is 0 Å². The fraction of sp³-hybridized carbons (Fsp3) is 0.462. The van der Waals surface area contributed by atoms with Crippen molar-refractivity contribution in [1.82, 2.24) is 0 Å². The van der Waals surface area contributed by atoms with E-state index in [-0.39, 0.29) is 19.0 Å². The average molecular weight is 236 g/mol. The second-order valence-corrected chi connectivity index (χ2v) is 4.44. The molecule has 0 heterocycles. The van der Waals surface area contributed by atoms with Crippen molar-refractivity contribution in [1.29, 1.82) is 0 Å². The summed E-state index contributed by atoms with van der Waals surface area (Å²) in [5.74, 6) is -0.956. The first-order chi connectivity index (χ1) is 8.10. The first-order valence-corrected chi connectivity index (χ1v) is 5.67. The van der Waals surface area contributed by atoms with Crippen LogP contribution in [-0.4, -0.2) is 34.3 Å². The number of ketones is 1. The Kier molecular flexibility index (Phi) is 3.28. The molecular formula is C13H16O4. The number of carbonyl (C=O) groups is 1. The molecule has 0 bridgehead atoms. The molecule has 3 N–H and O–H groups in total. The van der Waals surface area contributed by atoms with E-state index in [1.807, 2.05) is 6.92 Å². The number of aliphatic hydroxyl groups is 3. The molecule has 0 saturated heterocycles. The molecule has 1 aromatic rings.